The minimum Gasteiger partial charge on any atom is -0.497 e. The van der Waals surface area contributed by atoms with Crippen LogP contribution in [0.4, 0.5) is 0 Å². The van der Waals surface area contributed by atoms with Gasteiger partial charge >= 0.3 is 0 Å². The maximum atomic E-state index is 12.9. The second kappa shape index (κ2) is 9.91. The molecule has 8 nitrogen and oxygen atoms in total. The van der Waals surface area contributed by atoms with Gasteiger partial charge in [-0.2, -0.15) is 0 Å². The lowest BCUT2D eigenvalue weighted by molar-refractivity contribution is -0.119. The van der Waals surface area contributed by atoms with Crippen LogP contribution in [-0.4, -0.2) is 37.9 Å². The molecule has 2 aromatic carbocycles. The van der Waals surface area contributed by atoms with Crippen molar-refractivity contribution in [2.75, 3.05) is 12.9 Å². The van der Waals surface area contributed by atoms with E-state index in [2.05, 4.69) is 22.1 Å². The highest BCUT2D eigenvalue weighted by Crippen LogP contribution is 2.23. The molecule has 1 amide bonds. The average molecular weight is 464 g/mol. The highest BCUT2D eigenvalue weighted by Gasteiger charge is 2.18. The van der Waals surface area contributed by atoms with Crippen LogP contribution in [0.2, 0.25) is 0 Å². The molecule has 4 aromatic rings. The minimum atomic E-state index is -0.148. The number of aromatic nitrogens is 4. The van der Waals surface area contributed by atoms with Crippen molar-refractivity contribution in [1.82, 2.24) is 24.5 Å². The Bertz CT molecular complexity index is 1360. The summed E-state index contributed by atoms with van der Waals surface area (Å²) < 4.78 is 8.56. The number of nitrogens with zero attached hydrogens (tertiary/aromatic N) is 4. The number of ether oxygens (including phenoxy) is 1. The molecular weight excluding hydrogens is 438 g/mol. The number of nitrogens with one attached hydrogen (secondary N) is 1. The summed E-state index contributed by atoms with van der Waals surface area (Å²) in [5.41, 5.74) is 1.57. The molecule has 0 saturated heterocycles. The topological polar surface area (TPSA) is 90.5 Å². The van der Waals surface area contributed by atoms with Gasteiger partial charge in [-0.1, -0.05) is 49.0 Å². The SMILES string of the molecule is C=CCn1c(=O)c2ccccc2n2c(SCC(=O)NC(CC)c3ccc(OC)cc3)nnc12. The van der Waals surface area contributed by atoms with Gasteiger partial charge in [-0.05, 0) is 36.2 Å². The van der Waals surface area contributed by atoms with Crippen molar-refractivity contribution in [3.63, 3.8) is 0 Å². The third-order valence-corrected chi connectivity index (χ3v) is 6.31. The predicted molar refractivity (Wildman–Crippen MR) is 130 cm³/mol. The van der Waals surface area contributed by atoms with E-state index < -0.39 is 0 Å². The number of hydrogen-bond acceptors (Lipinski definition) is 6. The number of benzene rings is 2. The maximum Gasteiger partial charge on any atom is 0.263 e. The largest absolute Gasteiger partial charge is 0.497 e. The standard InChI is InChI=1S/C24H25N5O3S/c1-4-14-28-22(31)18-8-6-7-9-20(18)29-23(28)26-27-24(29)33-15-21(30)25-19(5-2)16-10-12-17(32-3)13-11-16/h4,6-13,19H,1,5,14-15H2,2-3H3,(H,25,30). The van der Waals surface area contributed by atoms with Crippen LogP contribution in [0.1, 0.15) is 24.9 Å². The summed E-state index contributed by atoms with van der Waals surface area (Å²) in [5, 5.41) is 12.7. The number of carbonyl (C=O) groups is 1. The zero-order valence-electron chi connectivity index (χ0n) is 18.5. The summed E-state index contributed by atoms with van der Waals surface area (Å²) in [5.74, 6) is 1.26. The number of fused-ring (bicyclic) bond motifs is 3. The highest BCUT2D eigenvalue weighted by atomic mass is 32.2. The number of thioether (sulfide) groups is 1. The molecule has 0 bridgehead atoms. The highest BCUT2D eigenvalue weighted by molar-refractivity contribution is 7.99. The van der Waals surface area contributed by atoms with Crippen LogP contribution in [0, 0.1) is 0 Å². The van der Waals surface area contributed by atoms with Crippen LogP contribution in [-0.2, 0) is 11.3 Å². The van der Waals surface area contributed by atoms with Crippen LogP contribution in [0.5, 0.6) is 5.75 Å². The molecule has 1 N–H and O–H groups in total. The number of methoxy groups -OCH3 is 1. The van der Waals surface area contributed by atoms with Crippen molar-refractivity contribution < 1.29 is 9.53 Å². The second-order valence-electron chi connectivity index (χ2n) is 7.43. The summed E-state index contributed by atoms with van der Waals surface area (Å²) in [6.45, 7) is 6.08. The lowest BCUT2D eigenvalue weighted by Gasteiger charge is -2.17. The van der Waals surface area contributed by atoms with E-state index in [-0.39, 0.29) is 23.3 Å². The Kier molecular flexibility index (Phi) is 6.79. The van der Waals surface area contributed by atoms with E-state index in [0.717, 1.165) is 17.7 Å². The molecule has 0 fully saturated rings. The first-order valence-electron chi connectivity index (χ1n) is 10.6. The Morgan fingerprint density at radius 1 is 1.21 bits per heavy atom. The van der Waals surface area contributed by atoms with E-state index in [1.807, 2.05) is 53.8 Å². The Morgan fingerprint density at radius 2 is 1.97 bits per heavy atom. The summed E-state index contributed by atoms with van der Waals surface area (Å²) in [6.07, 6.45) is 2.41. The summed E-state index contributed by atoms with van der Waals surface area (Å²) in [4.78, 5) is 25.6. The molecule has 170 valence electrons. The van der Waals surface area contributed by atoms with Crippen molar-refractivity contribution in [3.05, 3.63) is 77.1 Å². The fraction of sp³-hybridized carbons (Fsp3) is 0.250. The van der Waals surface area contributed by atoms with Crippen LogP contribution < -0.4 is 15.6 Å². The van der Waals surface area contributed by atoms with Crippen molar-refractivity contribution in [1.29, 1.82) is 0 Å². The number of carbonyl (C=O) groups excluding carboxylic acids is 1. The Hall–Kier alpha value is -3.59. The van der Waals surface area contributed by atoms with Gasteiger partial charge in [0.1, 0.15) is 5.75 Å². The van der Waals surface area contributed by atoms with E-state index >= 15 is 0 Å². The van der Waals surface area contributed by atoms with E-state index in [9.17, 15) is 9.59 Å². The molecule has 33 heavy (non-hydrogen) atoms. The minimum absolute atomic E-state index is 0.0993. The molecule has 1 atom stereocenters. The summed E-state index contributed by atoms with van der Waals surface area (Å²) in [7, 11) is 1.62. The van der Waals surface area contributed by atoms with Crippen molar-refractivity contribution >= 4 is 34.3 Å². The first kappa shape index (κ1) is 22.6. The Balaban J connectivity index is 1.57. The number of hydrogen-bond donors (Lipinski definition) is 1. The van der Waals surface area contributed by atoms with Crippen molar-refractivity contribution in [2.45, 2.75) is 31.1 Å². The van der Waals surface area contributed by atoms with Gasteiger partial charge in [0, 0.05) is 6.54 Å². The molecule has 2 heterocycles. The van der Waals surface area contributed by atoms with Gasteiger partial charge in [0.05, 0.1) is 29.8 Å². The van der Waals surface area contributed by atoms with E-state index in [1.165, 1.54) is 16.3 Å². The molecule has 0 spiro atoms. The van der Waals surface area contributed by atoms with Crippen molar-refractivity contribution in [2.24, 2.45) is 0 Å². The molecule has 1 unspecified atom stereocenters. The molecule has 2 aromatic heterocycles. The quantitative estimate of drug-likeness (QED) is 0.301. The molecule has 0 aliphatic heterocycles. The van der Waals surface area contributed by atoms with Gasteiger partial charge < -0.3 is 10.1 Å². The maximum absolute atomic E-state index is 12.9. The molecule has 9 heteroatoms. The number of amides is 1. The number of allylic oxidation sites excluding steroid dienone is 1. The number of para-hydroxylation sites is 1. The fourth-order valence-corrected chi connectivity index (χ4v) is 4.50. The molecule has 0 saturated carbocycles. The summed E-state index contributed by atoms with van der Waals surface area (Å²) in [6, 6.07) is 14.9. The van der Waals surface area contributed by atoms with Crippen LogP contribution in [0.3, 0.4) is 0 Å². The van der Waals surface area contributed by atoms with Gasteiger partial charge in [0.25, 0.3) is 5.56 Å². The molecule has 0 aliphatic carbocycles. The molecular formula is C24H25N5O3S. The van der Waals surface area contributed by atoms with E-state index in [0.29, 0.717) is 28.4 Å². The van der Waals surface area contributed by atoms with Gasteiger partial charge in [-0.25, -0.2) is 0 Å². The van der Waals surface area contributed by atoms with Crippen LogP contribution in [0.15, 0.2) is 71.1 Å². The first-order chi connectivity index (χ1) is 16.1. The van der Waals surface area contributed by atoms with Gasteiger partial charge in [0.2, 0.25) is 11.7 Å². The average Bonchev–Trinajstić information content (AvgIpc) is 3.28. The van der Waals surface area contributed by atoms with E-state index in [4.69, 9.17) is 4.74 Å². The Morgan fingerprint density at radius 3 is 2.67 bits per heavy atom. The van der Waals surface area contributed by atoms with E-state index in [1.54, 1.807) is 19.3 Å². The third-order valence-electron chi connectivity index (χ3n) is 5.38. The zero-order chi connectivity index (χ0) is 23.4. The smallest absolute Gasteiger partial charge is 0.263 e. The third kappa shape index (κ3) is 4.49. The monoisotopic (exact) mass is 463 g/mol. The molecule has 4 rings (SSSR count). The van der Waals surface area contributed by atoms with Crippen molar-refractivity contribution in [3.8, 4) is 5.75 Å². The van der Waals surface area contributed by atoms with Crippen LogP contribution in [0.25, 0.3) is 16.7 Å². The molecule has 0 aliphatic rings. The van der Waals surface area contributed by atoms with Gasteiger partial charge in [-0.3, -0.25) is 18.6 Å². The Labute approximate surface area is 195 Å². The first-order valence-corrected chi connectivity index (χ1v) is 11.6. The zero-order valence-corrected chi connectivity index (χ0v) is 19.3. The summed E-state index contributed by atoms with van der Waals surface area (Å²) >= 11 is 1.28. The lowest BCUT2D eigenvalue weighted by atomic mass is 10.0. The van der Waals surface area contributed by atoms with Gasteiger partial charge in [0.15, 0.2) is 5.16 Å². The van der Waals surface area contributed by atoms with Crippen LogP contribution >= 0.6 is 11.8 Å². The normalized spacial score (nSPS) is 12.1. The predicted octanol–water partition coefficient (Wildman–Crippen LogP) is 3.60. The lowest BCUT2D eigenvalue weighted by Crippen LogP contribution is -2.29. The fourth-order valence-electron chi connectivity index (χ4n) is 3.74. The second-order valence-corrected chi connectivity index (χ2v) is 8.37. The van der Waals surface area contributed by atoms with Gasteiger partial charge in [-0.15, -0.1) is 16.8 Å². The number of rotatable bonds is 9. The molecule has 0 radical (unpaired) electrons.